The maximum Gasteiger partial charge on any atom is 0.509 e. The summed E-state index contributed by atoms with van der Waals surface area (Å²) in [7, 11) is 0. The van der Waals surface area contributed by atoms with Crippen molar-refractivity contribution in [1.82, 2.24) is 20.4 Å². The lowest BCUT2D eigenvalue weighted by Crippen LogP contribution is -2.56. The molecule has 2 unspecified atom stereocenters. The first-order chi connectivity index (χ1) is 14.2. The van der Waals surface area contributed by atoms with Gasteiger partial charge in [-0.25, -0.2) is 4.79 Å². The second-order valence-corrected chi connectivity index (χ2v) is 9.35. The molecule has 9 heteroatoms. The Kier molecular flexibility index (Phi) is 8.87. The van der Waals surface area contributed by atoms with Crippen LogP contribution >= 0.6 is 0 Å². The Hall–Kier alpha value is -1.91. The molecule has 0 bridgehead atoms. The largest absolute Gasteiger partial charge is 0.509 e. The Labute approximate surface area is 180 Å². The van der Waals surface area contributed by atoms with E-state index in [9.17, 15) is 4.79 Å². The van der Waals surface area contributed by atoms with E-state index in [1.165, 1.54) is 0 Å². The summed E-state index contributed by atoms with van der Waals surface area (Å²) >= 11 is 0. The number of nitrogens with one attached hydrogen (secondary N) is 2. The monoisotopic (exact) mass is 420 g/mol. The lowest BCUT2D eigenvalue weighted by atomic mass is 10.0. The van der Waals surface area contributed by atoms with Gasteiger partial charge in [-0.1, -0.05) is 0 Å². The molecule has 0 amide bonds. The lowest BCUT2D eigenvalue weighted by Gasteiger charge is -2.41. The van der Waals surface area contributed by atoms with Crippen LogP contribution in [-0.2, 0) is 9.47 Å². The van der Waals surface area contributed by atoms with Crippen molar-refractivity contribution in [2.75, 3.05) is 52.4 Å². The second-order valence-electron chi connectivity index (χ2n) is 9.35. The molecule has 2 N–H and O–H groups in total. The summed E-state index contributed by atoms with van der Waals surface area (Å²) in [5.74, 6) is 0. The molecule has 168 valence electrons. The molecule has 2 fully saturated rings. The predicted molar refractivity (Wildman–Crippen MR) is 113 cm³/mol. The van der Waals surface area contributed by atoms with E-state index in [1.54, 1.807) is 0 Å². The molecular weight excluding hydrogens is 384 g/mol. The van der Waals surface area contributed by atoms with Gasteiger partial charge < -0.3 is 20.1 Å². The standard InChI is InChI=1S/C21H36N6O3/c1-20(2,15-26-11-9-24-13-17(26)5-7-22)29-19(28)30-21(3,4)16-27-12-10-25-14-18(27)6-8-23/h17-18,24-25H,5-6,9-16H2,1-4H3. The fourth-order valence-electron chi connectivity index (χ4n) is 4.15. The zero-order valence-corrected chi connectivity index (χ0v) is 18.7. The van der Waals surface area contributed by atoms with E-state index in [-0.39, 0.29) is 12.1 Å². The number of ether oxygens (including phenoxy) is 2. The summed E-state index contributed by atoms with van der Waals surface area (Å²) in [6.45, 7) is 13.4. The molecule has 0 aliphatic carbocycles. The van der Waals surface area contributed by atoms with E-state index in [0.29, 0.717) is 25.9 Å². The summed E-state index contributed by atoms with van der Waals surface area (Å²) in [6, 6.07) is 4.70. The number of nitrogens with zero attached hydrogens (tertiary/aromatic N) is 4. The van der Waals surface area contributed by atoms with Crippen LogP contribution < -0.4 is 10.6 Å². The number of carbonyl (C=O) groups is 1. The first-order valence-corrected chi connectivity index (χ1v) is 10.7. The van der Waals surface area contributed by atoms with Crippen molar-refractivity contribution in [3.63, 3.8) is 0 Å². The minimum absolute atomic E-state index is 0.115. The smallest absolute Gasteiger partial charge is 0.427 e. The molecule has 2 rings (SSSR count). The molecule has 30 heavy (non-hydrogen) atoms. The molecule has 0 aromatic carbocycles. The van der Waals surface area contributed by atoms with Gasteiger partial charge in [-0.2, -0.15) is 10.5 Å². The van der Waals surface area contributed by atoms with Crippen molar-refractivity contribution in [2.45, 2.75) is 63.8 Å². The van der Waals surface area contributed by atoms with Gasteiger partial charge in [0.2, 0.25) is 0 Å². The van der Waals surface area contributed by atoms with E-state index in [2.05, 4.69) is 32.6 Å². The molecule has 0 radical (unpaired) electrons. The molecule has 0 saturated carbocycles. The highest BCUT2D eigenvalue weighted by atomic mass is 16.7. The van der Waals surface area contributed by atoms with Crippen LogP contribution in [0.1, 0.15) is 40.5 Å². The number of rotatable bonds is 8. The highest BCUT2D eigenvalue weighted by Crippen LogP contribution is 2.21. The minimum Gasteiger partial charge on any atom is -0.427 e. The topological polar surface area (TPSA) is 114 Å². The van der Waals surface area contributed by atoms with Crippen LogP contribution in [0.15, 0.2) is 0 Å². The van der Waals surface area contributed by atoms with Crippen molar-refractivity contribution in [3.8, 4) is 12.1 Å². The van der Waals surface area contributed by atoms with E-state index in [4.69, 9.17) is 20.0 Å². The van der Waals surface area contributed by atoms with Gasteiger partial charge in [0, 0.05) is 64.4 Å². The first-order valence-electron chi connectivity index (χ1n) is 10.7. The van der Waals surface area contributed by atoms with Crippen LogP contribution in [0, 0.1) is 22.7 Å². The van der Waals surface area contributed by atoms with Crippen LogP contribution in [0.25, 0.3) is 0 Å². The molecule has 9 nitrogen and oxygen atoms in total. The Morgan fingerprint density at radius 1 is 0.900 bits per heavy atom. The van der Waals surface area contributed by atoms with Crippen LogP contribution in [0.4, 0.5) is 4.79 Å². The molecule has 2 aliphatic rings. The van der Waals surface area contributed by atoms with E-state index < -0.39 is 17.4 Å². The highest BCUT2D eigenvalue weighted by Gasteiger charge is 2.35. The predicted octanol–water partition coefficient (Wildman–Crippen LogP) is 1.07. The Bertz CT molecular complexity index is 600. The van der Waals surface area contributed by atoms with Gasteiger partial charge in [0.1, 0.15) is 11.2 Å². The molecule has 2 saturated heterocycles. The molecule has 0 aromatic rings. The molecule has 0 spiro atoms. The highest BCUT2D eigenvalue weighted by molar-refractivity contribution is 5.61. The average Bonchev–Trinajstić information content (AvgIpc) is 2.63. The van der Waals surface area contributed by atoms with Crippen LogP contribution in [0.3, 0.4) is 0 Å². The minimum atomic E-state index is -0.739. The molecular formula is C21H36N6O3. The summed E-state index contributed by atoms with van der Waals surface area (Å²) in [5.41, 5.74) is -1.48. The summed E-state index contributed by atoms with van der Waals surface area (Å²) in [6.07, 6.45) is 0.188. The van der Waals surface area contributed by atoms with E-state index in [1.807, 2.05) is 27.7 Å². The zero-order valence-electron chi connectivity index (χ0n) is 18.7. The maximum atomic E-state index is 12.6. The maximum absolute atomic E-state index is 12.6. The third kappa shape index (κ3) is 7.73. The number of carbonyl (C=O) groups excluding carboxylic acids is 1. The zero-order chi connectivity index (χ0) is 22.2. The Morgan fingerprint density at radius 2 is 1.30 bits per heavy atom. The van der Waals surface area contributed by atoms with Crippen LogP contribution in [0.2, 0.25) is 0 Å². The number of hydrogen-bond donors (Lipinski definition) is 2. The van der Waals surface area contributed by atoms with Crippen LogP contribution in [0.5, 0.6) is 0 Å². The van der Waals surface area contributed by atoms with Gasteiger partial charge in [-0.05, 0) is 27.7 Å². The Morgan fingerprint density at radius 3 is 1.67 bits per heavy atom. The van der Waals surface area contributed by atoms with Crippen molar-refractivity contribution in [1.29, 1.82) is 10.5 Å². The second kappa shape index (κ2) is 10.9. The number of piperazine rings is 2. The van der Waals surface area contributed by atoms with Crippen molar-refractivity contribution in [3.05, 3.63) is 0 Å². The summed E-state index contributed by atoms with van der Waals surface area (Å²) in [4.78, 5) is 17.0. The fraction of sp³-hybridized carbons (Fsp3) is 0.857. The van der Waals surface area contributed by atoms with Gasteiger partial charge in [0.25, 0.3) is 0 Å². The van der Waals surface area contributed by atoms with Gasteiger partial charge in [0.15, 0.2) is 0 Å². The van der Waals surface area contributed by atoms with Crippen molar-refractivity contribution >= 4 is 6.16 Å². The lowest BCUT2D eigenvalue weighted by molar-refractivity contribution is -0.0821. The average molecular weight is 421 g/mol. The fourth-order valence-corrected chi connectivity index (χ4v) is 4.15. The molecule has 0 aromatic heterocycles. The molecule has 2 heterocycles. The quantitative estimate of drug-likeness (QED) is 0.557. The van der Waals surface area contributed by atoms with Crippen LogP contribution in [-0.4, -0.2) is 91.6 Å². The van der Waals surface area contributed by atoms with Gasteiger partial charge in [0.05, 0.1) is 25.0 Å². The molecule has 2 aliphatic heterocycles. The number of nitriles is 2. The van der Waals surface area contributed by atoms with Crippen molar-refractivity contribution in [2.24, 2.45) is 0 Å². The Balaban J connectivity index is 1.89. The number of hydrogen-bond acceptors (Lipinski definition) is 9. The molecule has 2 atom stereocenters. The van der Waals surface area contributed by atoms with Gasteiger partial charge in [-0.3, -0.25) is 9.80 Å². The normalized spacial score (nSPS) is 23.9. The summed E-state index contributed by atoms with van der Waals surface area (Å²) in [5, 5.41) is 24.7. The van der Waals surface area contributed by atoms with E-state index in [0.717, 1.165) is 39.3 Å². The third-order valence-corrected chi connectivity index (χ3v) is 5.49. The van der Waals surface area contributed by atoms with Gasteiger partial charge >= 0.3 is 6.16 Å². The van der Waals surface area contributed by atoms with E-state index >= 15 is 0 Å². The van der Waals surface area contributed by atoms with Gasteiger partial charge in [-0.15, -0.1) is 0 Å². The summed E-state index contributed by atoms with van der Waals surface area (Å²) < 4.78 is 11.4. The SMILES string of the molecule is CC(C)(CN1CCNCC1CC#N)OC(=O)OC(C)(C)CN1CCNCC1CC#N. The first kappa shape index (κ1) is 24.4. The van der Waals surface area contributed by atoms with Crippen molar-refractivity contribution < 1.29 is 14.3 Å². The third-order valence-electron chi connectivity index (χ3n) is 5.49.